The van der Waals surface area contributed by atoms with Crippen molar-refractivity contribution in [3.63, 3.8) is 0 Å². The summed E-state index contributed by atoms with van der Waals surface area (Å²) in [5, 5.41) is 12.6. The van der Waals surface area contributed by atoms with E-state index in [4.69, 9.17) is 9.59 Å². The number of ketones is 1. The lowest BCUT2D eigenvalue weighted by atomic mass is 9.86. The fraction of sp³-hybridized carbons (Fsp3) is 0.269. The average Bonchev–Trinajstić information content (AvgIpc) is 3.15. The van der Waals surface area contributed by atoms with Crippen LogP contribution in [-0.4, -0.2) is 29.3 Å². The highest BCUT2D eigenvalue weighted by Gasteiger charge is 2.17. The van der Waals surface area contributed by atoms with Crippen LogP contribution in [0.1, 0.15) is 54.7 Å². The van der Waals surface area contributed by atoms with Crippen LogP contribution in [0.3, 0.4) is 0 Å². The zero-order valence-corrected chi connectivity index (χ0v) is 20.0. The van der Waals surface area contributed by atoms with Crippen molar-refractivity contribution < 1.29 is 23.9 Å². The molecule has 0 unspecified atom stereocenters. The molecule has 0 bridgehead atoms. The Hall–Kier alpha value is -3.41. The SMILES string of the molecule is CC(=NCC(=O)c1ccc(C)c(F)c1)c1csc(-c2ccc(C(C)(C)C)cc2)c1O.O=C=O. The lowest BCUT2D eigenvalue weighted by Crippen LogP contribution is -2.10. The van der Waals surface area contributed by atoms with Crippen LogP contribution < -0.4 is 0 Å². The van der Waals surface area contributed by atoms with E-state index in [-0.39, 0.29) is 29.6 Å². The number of nitrogens with zero attached hydrogens (tertiary/aromatic N) is 1. The van der Waals surface area contributed by atoms with Crippen LogP contribution in [0.15, 0.2) is 52.8 Å². The molecule has 172 valence electrons. The van der Waals surface area contributed by atoms with E-state index < -0.39 is 5.82 Å². The molecule has 0 saturated carbocycles. The Morgan fingerprint density at radius 2 is 1.73 bits per heavy atom. The topological polar surface area (TPSA) is 83.8 Å². The summed E-state index contributed by atoms with van der Waals surface area (Å²) in [6.45, 7) is 9.80. The van der Waals surface area contributed by atoms with Crippen molar-refractivity contribution in [2.24, 2.45) is 4.99 Å². The monoisotopic (exact) mass is 467 g/mol. The maximum absolute atomic E-state index is 13.7. The third-order valence-electron chi connectivity index (χ3n) is 5.12. The van der Waals surface area contributed by atoms with Crippen molar-refractivity contribution in [3.05, 3.63) is 75.9 Å². The van der Waals surface area contributed by atoms with E-state index in [0.29, 0.717) is 22.4 Å². The number of carbonyl (C=O) groups excluding carboxylic acids is 3. The Balaban J connectivity index is 0.00000122. The van der Waals surface area contributed by atoms with Gasteiger partial charge in [0.25, 0.3) is 0 Å². The standard InChI is InChI=1S/C25H26FNO2S.CO2/c1-15-6-7-18(12-21(15)26)22(28)13-27-16(2)20-14-30-24(23(20)29)17-8-10-19(11-9-17)25(3,4)5;2-1-3/h6-12,14,29H,13H2,1-5H3;. The highest BCUT2D eigenvalue weighted by molar-refractivity contribution is 7.14. The van der Waals surface area contributed by atoms with Crippen molar-refractivity contribution >= 4 is 29.0 Å². The minimum absolute atomic E-state index is 0.0668. The molecule has 0 saturated heterocycles. The minimum atomic E-state index is -0.404. The van der Waals surface area contributed by atoms with Gasteiger partial charge < -0.3 is 5.11 Å². The molecule has 0 aliphatic heterocycles. The predicted octanol–water partition coefficient (Wildman–Crippen LogP) is 5.97. The number of hydrogen-bond acceptors (Lipinski definition) is 6. The molecule has 1 heterocycles. The van der Waals surface area contributed by atoms with Gasteiger partial charge in [-0.3, -0.25) is 9.79 Å². The van der Waals surface area contributed by atoms with Gasteiger partial charge in [-0.2, -0.15) is 9.59 Å². The summed E-state index contributed by atoms with van der Waals surface area (Å²) in [6.07, 6.45) is 0.250. The van der Waals surface area contributed by atoms with Crippen LogP contribution in [0, 0.1) is 12.7 Å². The van der Waals surface area contributed by atoms with E-state index in [0.717, 1.165) is 10.4 Å². The molecule has 0 radical (unpaired) electrons. The minimum Gasteiger partial charge on any atom is -0.506 e. The fourth-order valence-corrected chi connectivity index (χ4v) is 4.08. The summed E-state index contributed by atoms with van der Waals surface area (Å²) in [5.74, 6) is -0.501. The van der Waals surface area contributed by atoms with Gasteiger partial charge in [0.15, 0.2) is 5.78 Å². The lowest BCUT2D eigenvalue weighted by molar-refractivity contribution is -0.191. The first-order valence-electron chi connectivity index (χ1n) is 10.2. The number of hydrogen-bond donors (Lipinski definition) is 1. The van der Waals surface area contributed by atoms with E-state index in [1.54, 1.807) is 26.0 Å². The van der Waals surface area contributed by atoms with Gasteiger partial charge in [-0.15, -0.1) is 11.3 Å². The van der Waals surface area contributed by atoms with Gasteiger partial charge in [-0.05, 0) is 42.0 Å². The van der Waals surface area contributed by atoms with Crippen LogP contribution >= 0.6 is 11.3 Å². The van der Waals surface area contributed by atoms with Crippen LogP contribution in [0.4, 0.5) is 4.39 Å². The Labute approximate surface area is 196 Å². The predicted molar refractivity (Wildman–Crippen MR) is 128 cm³/mol. The van der Waals surface area contributed by atoms with Gasteiger partial charge in [-0.25, -0.2) is 4.39 Å². The Kier molecular flexibility index (Phi) is 8.57. The summed E-state index contributed by atoms with van der Waals surface area (Å²) in [7, 11) is 0. The highest BCUT2D eigenvalue weighted by atomic mass is 32.1. The Bertz CT molecular complexity index is 1200. The second-order valence-corrected chi connectivity index (χ2v) is 9.41. The molecule has 33 heavy (non-hydrogen) atoms. The number of Topliss-reactive ketones (excluding diaryl/α,β-unsaturated/α-hetero) is 1. The molecular formula is C26H26FNO4S. The van der Waals surface area contributed by atoms with E-state index >= 15 is 0 Å². The fourth-order valence-electron chi connectivity index (χ4n) is 3.07. The molecule has 0 fully saturated rings. The zero-order valence-electron chi connectivity index (χ0n) is 19.2. The molecule has 1 N–H and O–H groups in total. The quantitative estimate of drug-likeness (QED) is 0.370. The van der Waals surface area contributed by atoms with E-state index in [1.165, 1.54) is 23.0 Å². The second-order valence-electron chi connectivity index (χ2n) is 8.53. The number of benzene rings is 2. The van der Waals surface area contributed by atoms with Crippen LogP contribution in [0.25, 0.3) is 10.4 Å². The summed E-state index contributed by atoms with van der Waals surface area (Å²) < 4.78 is 13.7. The van der Waals surface area contributed by atoms with E-state index in [9.17, 15) is 14.3 Å². The summed E-state index contributed by atoms with van der Waals surface area (Å²) in [6, 6.07) is 12.6. The van der Waals surface area contributed by atoms with Gasteiger partial charge >= 0.3 is 6.15 Å². The molecule has 0 amide bonds. The first kappa shape index (κ1) is 25.8. The third-order valence-corrected chi connectivity index (χ3v) is 6.14. The summed E-state index contributed by atoms with van der Waals surface area (Å²) in [4.78, 5) is 33.7. The molecule has 2 aromatic carbocycles. The van der Waals surface area contributed by atoms with Gasteiger partial charge in [0.2, 0.25) is 0 Å². The maximum Gasteiger partial charge on any atom is 0.373 e. The highest BCUT2D eigenvalue weighted by Crippen LogP contribution is 2.39. The van der Waals surface area contributed by atoms with Gasteiger partial charge in [0, 0.05) is 22.2 Å². The maximum atomic E-state index is 13.7. The first-order chi connectivity index (χ1) is 15.5. The normalized spacial score (nSPS) is 11.4. The summed E-state index contributed by atoms with van der Waals surface area (Å²) in [5.41, 5.74) is 4.21. The van der Waals surface area contributed by atoms with Crippen molar-refractivity contribution in [1.29, 1.82) is 0 Å². The molecular weight excluding hydrogens is 441 g/mol. The molecule has 3 aromatic rings. The summed E-state index contributed by atoms with van der Waals surface area (Å²) >= 11 is 1.44. The smallest absolute Gasteiger partial charge is 0.373 e. The molecule has 1 aromatic heterocycles. The molecule has 0 aliphatic rings. The number of halogens is 1. The van der Waals surface area contributed by atoms with Crippen LogP contribution in [0.5, 0.6) is 5.75 Å². The van der Waals surface area contributed by atoms with Crippen molar-refractivity contribution in [3.8, 4) is 16.2 Å². The number of thiophene rings is 1. The molecule has 0 atom stereocenters. The Morgan fingerprint density at radius 1 is 1.12 bits per heavy atom. The molecule has 0 aliphatic carbocycles. The van der Waals surface area contributed by atoms with Crippen molar-refractivity contribution in [1.82, 2.24) is 0 Å². The number of aryl methyl sites for hydroxylation is 1. The number of carbonyl (C=O) groups is 1. The molecule has 5 nitrogen and oxygen atoms in total. The number of aromatic hydroxyl groups is 1. The van der Waals surface area contributed by atoms with Crippen LogP contribution in [-0.2, 0) is 15.0 Å². The molecule has 3 rings (SSSR count). The third kappa shape index (κ3) is 6.54. The van der Waals surface area contributed by atoms with Gasteiger partial charge in [0.05, 0.1) is 4.88 Å². The Morgan fingerprint density at radius 3 is 2.27 bits per heavy atom. The largest absolute Gasteiger partial charge is 0.506 e. The lowest BCUT2D eigenvalue weighted by Gasteiger charge is -2.19. The van der Waals surface area contributed by atoms with Crippen LogP contribution in [0.2, 0.25) is 0 Å². The average molecular weight is 468 g/mol. The number of aliphatic imine (C=N–C) groups is 1. The molecule has 7 heteroatoms. The van der Waals surface area contributed by atoms with Crippen molar-refractivity contribution in [2.75, 3.05) is 6.54 Å². The second kappa shape index (κ2) is 10.9. The van der Waals surface area contributed by atoms with Gasteiger partial charge in [0.1, 0.15) is 18.1 Å². The first-order valence-corrected chi connectivity index (χ1v) is 11.1. The zero-order chi connectivity index (χ0) is 24.8. The number of rotatable bonds is 5. The molecule has 0 spiro atoms. The van der Waals surface area contributed by atoms with Crippen molar-refractivity contribution in [2.45, 2.75) is 40.0 Å². The van der Waals surface area contributed by atoms with E-state index in [2.05, 4.69) is 37.9 Å². The van der Waals surface area contributed by atoms with Gasteiger partial charge in [-0.1, -0.05) is 57.2 Å². The van der Waals surface area contributed by atoms with E-state index in [1.807, 2.05) is 17.5 Å².